The van der Waals surface area contributed by atoms with E-state index in [4.69, 9.17) is 5.73 Å². The fourth-order valence-corrected chi connectivity index (χ4v) is 4.77. The second-order valence-electron chi connectivity index (χ2n) is 8.86. The third-order valence-corrected chi connectivity index (χ3v) is 6.43. The van der Waals surface area contributed by atoms with E-state index in [0.29, 0.717) is 17.3 Å². The lowest BCUT2D eigenvalue weighted by atomic mass is 10.1. The number of nitrogens with zero attached hydrogens (tertiary/aromatic N) is 5. The SMILES string of the molecule is NC(=O)c1cncc(-c2cn(CC(F)(F)CCNC(=O)C3CCCN3C3CCCC3)nn2)c1. The molecule has 1 atom stereocenters. The molecule has 0 aromatic carbocycles. The zero-order valence-electron chi connectivity index (χ0n) is 18.4. The maximum absolute atomic E-state index is 14.5. The van der Waals surface area contributed by atoms with Crippen molar-refractivity contribution in [3.63, 3.8) is 0 Å². The Bertz CT molecular complexity index is 991. The number of likely N-dealkylation sites (tertiary alicyclic amines) is 1. The number of halogens is 2. The number of carbonyl (C=O) groups excluding carboxylic acids is 2. The van der Waals surface area contributed by atoms with Crippen LogP contribution in [0.2, 0.25) is 0 Å². The number of aromatic nitrogens is 4. The topological polar surface area (TPSA) is 119 Å². The first-order valence-corrected chi connectivity index (χ1v) is 11.4. The molecule has 9 nitrogen and oxygen atoms in total. The smallest absolute Gasteiger partial charge is 0.269 e. The van der Waals surface area contributed by atoms with Crippen LogP contribution < -0.4 is 11.1 Å². The van der Waals surface area contributed by atoms with Crippen LogP contribution >= 0.6 is 0 Å². The summed E-state index contributed by atoms with van der Waals surface area (Å²) in [6.45, 7) is 0.134. The summed E-state index contributed by atoms with van der Waals surface area (Å²) >= 11 is 0. The van der Waals surface area contributed by atoms with Crippen LogP contribution in [0.1, 0.15) is 55.3 Å². The molecular formula is C22H29F2N7O2. The lowest BCUT2D eigenvalue weighted by Crippen LogP contribution is -2.47. The summed E-state index contributed by atoms with van der Waals surface area (Å²) in [6, 6.07) is 1.73. The number of hydrogen-bond donors (Lipinski definition) is 2. The van der Waals surface area contributed by atoms with Crippen molar-refractivity contribution in [3.05, 3.63) is 30.2 Å². The number of carbonyl (C=O) groups is 2. The molecule has 1 aliphatic heterocycles. The van der Waals surface area contributed by atoms with Gasteiger partial charge in [-0.3, -0.25) is 19.5 Å². The molecule has 11 heteroatoms. The van der Waals surface area contributed by atoms with Crippen molar-refractivity contribution in [1.82, 2.24) is 30.2 Å². The largest absolute Gasteiger partial charge is 0.366 e. The molecule has 0 spiro atoms. The first kappa shape index (κ1) is 23.2. The number of nitrogens with one attached hydrogen (secondary N) is 1. The molecule has 2 aromatic rings. The summed E-state index contributed by atoms with van der Waals surface area (Å²) in [5, 5.41) is 10.4. The number of pyridine rings is 1. The van der Waals surface area contributed by atoms with Gasteiger partial charge in [0.15, 0.2) is 0 Å². The van der Waals surface area contributed by atoms with Crippen LogP contribution in [-0.4, -0.2) is 67.8 Å². The highest BCUT2D eigenvalue weighted by Crippen LogP contribution is 2.30. The molecule has 178 valence electrons. The van der Waals surface area contributed by atoms with Crippen LogP contribution in [0.3, 0.4) is 0 Å². The molecular weight excluding hydrogens is 432 g/mol. The molecule has 0 radical (unpaired) electrons. The van der Waals surface area contributed by atoms with Gasteiger partial charge in [0.25, 0.3) is 5.92 Å². The van der Waals surface area contributed by atoms with Gasteiger partial charge in [-0.05, 0) is 38.3 Å². The van der Waals surface area contributed by atoms with E-state index in [1.54, 1.807) is 0 Å². The molecule has 1 aliphatic carbocycles. The minimum atomic E-state index is -3.08. The van der Waals surface area contributed by atoms with Crippen LogP contribution in [0.4, 0.5) is 8.78 Å². The lowest BCUT2D eigenvalue weighted by Gasteiger charge is -2.29. The molecule has 2 aromatic heterocycles. The zero-order valence-corrected chi connectivity index (χ0v) is 18.4. The van der Waals surface area contributed by atoms with Gasteiger partial charge in [0.1, 0.15) is 12.2 Å². The van der Waals surface area contributed by atoms with Gasteiger partial charge in [0.05, 0.1) is 17.8 Å². The Morgan fingerprint density at radius 3 is 2.73 bits per heavy atom. The fraction of sp³-hybridized carbons (Fsp3) is 0.591. The highest BCUT2D eigenvalue weighted by molar-refractivity contribution is 5.93. The summed E-state index contributed by atoms with van der Waals surface area (Å²) < 4.78 is 30.1. The van der Waals surface area contributed by atoms with E-state index in [0.717, 1.165) is 36.9 Å². The van der Waals surface area contributed by atoms with Gasteiger partial charge in [0, 0.05) is 37.0 Å². The second-order valence-corrected chi connectivity index (χ2v) is 8.86. The Hall–Kier alpha value is -2.95. The molecule has 3 heterocycles. The highest BCUT2D eigenvalue weighted by Gasteiger charge is 2.37. The van der Waals surface area contributed by atoms with Gasteiger partial charge in [-0.1, -0.05) is 18.1 Å². The Morgan fingerprint density at radius 2 is 1.97 bits per heavy atom. The summed E-state index contributed by atoms with van der Waals surface area (Å²) in [5.74, 6) is -3.87. The Kier molecular flexibility index (Phi) is 6.96. The average molecular weight is 462 g/mol. The minimum Gasteiger partial charge on any atom is -0.366 e. The van der Waals surface area contributed by atoms with Gasteiger partial charge in [-0.2, -0.15) is 0 Å². The Morgan fingerprint density at radius 1 is 1.18 bits per heavy atom. The molecule has 1 saturated heterocycles. The van der Waals surface area contributed by atoms with E-state index in [9.17, 15) is 18.4 Å². The van der Waals surface area contributed by atoms with Crippen molar-refractivity contribution in [1.29, 1.82) is 0 Å². The van der Waals surface area contributed by atoms with E-state index < -0.39 is 24.8 Å². The maximum Gasteiger partial charge on any atom is 0.269 e. The van der Waals surface area contributed by atoms with Crippen molar-refractivity contribution in [3.8, 4) is 11.3 Å². The molecule has 4 rings (SSSR count). The molecule has 33 heavy (non-hydrogen) atoms. The summed E-state index contributed by atoms with van der Waals surface area (Å²) in [5.41, 5.74) is 6.20. The molecule has 1 unspecified atom stereocenters. The predicted molar refractivity (Wildman–Crippen MR) is 116 cm³/mol. The predicted octanol–water partition coefficient (Wildman–Crippen LogP) is 1.99. The summed E-state index contributed by atoms with van der Waals surface area (Å²) in [6.07, 6.45) is 10.0. The molecule has 2 amide bonds. The first-order valence-electron chi connectivity index (χ1n) is 11.4. The quantitative estimate of drug-likeness (QED) is 0.590. The summed E-state index contributed by atoms with van der Waals surface area (Å²) in [7, 11) is 0. The van der Waals surface area contributed by atoms with Gasteiger partial charge in [0.2, 0.25) is 11.8 Å². The Balaban J connectivity index is 1.28. The third-order valence-electron chi connectivity index (χ3n) is 6.43. The monoisotopic (exact) mass is 461 g/mol. The summed E-state index contributed by atoms with van der Waals surface area (Å²) in [4.78, 5) is 30.1. The number of alkyl halides is 2. The van der Waals surface area contributed by atoms with Crippen LogP contribution in [0.5, 0.6) is 0 Å². The molecule has 2 aliphatic rings. The van der Waals surface area contributed by atoms with Crippen molar-refractivity contribution in [2.24, 2.45) is 5.73 Å². The van der Waals surface area contributed by atoms with Gasteiger partial charge < -0.3 is 11.1 Å². The van der Waals surface area contributed by atoms with Crippen molar-refractivity contribution in [2.45, 2.75) is 69.5 Å². The van der Waals surface area contributed by atoms with E-state index >= 15 is 0 Å². The van der Waals surface area contributed by atoms with Gasteiger partial charge in [-0.15, -0.1) is 5.10 Å². The van der Waals surface area contributed by atoms with Crippen molar-refractivity contribution in [2.75, 3.05) is 13.1 Å². The van der Waals surface area contributed by atoms with Gasteiger partial charge in [-0.25, -0.2) is 13.5 Å². The standard InChI is InChI=1S/C22H29F2N7O2/c23-22(24,7-8-27-21(33)19-6-3-9-31(19)17-4-1-2-5-17)14-30-13-18(28-29-30)15-10-16(20(25)32)12-26-11-15/h10-13,17,19H,1-9,14H2,(H2,25,32)(H,27,33). The van der Waals surface area contributed by atoms with Crippen LogP contribution in [0.15, 0.2) is 24.7 Å². The van der Waals surface area contributed by atoms with Crippen molar-refractivity contribution < 1.29 is 18.4 Å². The Labute approximate surface area is 190 Å². The van der Waals surface area contributed by atoms with E-state index in [2.05, 4.69) is 25.5 Å². The average Bonchev–Trinajstić information content (AvgIpc) is 3.54. The number of amides is 2. The molecule has 1 saturated carbocycles. The fourth-order valence-electron chi connectivity index (χ4n) is 4.77. The van der Waals surface area contributed by atoms with Gasteiger partial charge >= 0.3 is 0 Å². The molecule has 0 bridgehead atoms. The molecule has 2 fully saturated rings. The van der Waals surface area contributed by atoms with E-state index in [1.807, 2.05) is 0 Å². The minimum absolute atomic E-state index is 0.104. The van der Waals surface area contributed by atoms with Crippen LogP contribution in [0.25, 0.3) is 11.3 Å². The van der Waals surface area contributed by atoms with Crippen LogP contribution in [0, 0.1) is 0 Å². The number of hydrogen-bond acceptors (Lipinski definition) is 6. The van der Waals surface area contributed by atoms with E-state index in [-0.39, 0.29) is 24.1 Å². The normalized spacial score (nSPS) is 19.8. The number of primary amides is 1. The second kappa shape index (κ2) is 9.90. The zero-order chi connectivity index (χ0) is 23.4. The maximum atomic E-state index is 14.5. The molecule has 3 N–H and O–H groups in total. The first-order chi connectivity index (χ1) is 15.8. The third kappa shape index (κ3) is 5.70. The number of nitrogens with two attached hydrogens (primary N) is 1. The van der Waals surface area contributed by atoms with Crippen LogP contribution in [-0.2, 0) is 11.3 Å². The van der Waals surface area contributed by atoms with E-state index in [1.165, 1.54) is 37.5 Å². The number of rotatable bonds is 9. The lowest BCUT2D eigenvalue weighted by molar-refractivity contribution is -0.126. The highest BCUT2D eigenvalue weighted by atomic mass is 19.3. The van der Waals surface area contributed by atoms with Crippen molar-refractivity contribution >= 4 is 11.8 Å².